The molecule has 3 rings (SSSR count). The zero-order valence-electron chi connectivity index (χ0n) is 12.8. The van der Waals surface area contributed by atoms with E-state index in [1.807, 2.05) is 11.8 Å². The van der Waals surface area contributed by atoms with Crippen molar-refractivity contribution >= 4 is 12.0 Å². The van der Waals surface area contributed by atoms with E-state index < -0.39 is 5.97 Å². The van der Waals surface area contributed by atoms with Gasteiger partial charge in [-0.05, 0) is 56.8 Å². The van der Waals surface area contributed by atoms with E-state index in [4.69, 9.17) is 5.11 Å². The van der Waals surface area contributed by atoms with Gasteiger partial charge in [0.05, 0.1) is 5.92 Å². The molecule has 0 aromatic heterocycles. The maximum Gasteiger partial charge on any atom is 0.317 e. The van der Waals surface area contributed by atoms with E-state index in [1.54, 1.807) is 0 Å². The summed E-state index contributed by atoms with van der Waals surface area (Å²) < 4.78 is 0. The number of piperidine rings is 1. The Morgan fingerprint density at radius 2 is 2.00 bits per heavy atom. The fourth-order valence-corrected chi connectivity index (χ4v) is 4.64. The highest BCUT2D eigenvalue weighted by molar-refractivity contribution is 5.75. The van der Waals surface area contributed by atoms with Gasteiger partial charge in [-0.1, -0.05) is 6.42 Å². The molecular weight excluding hydrogens is 268 g/mol. The van der Waals surface area contributed by atoms with Gasteiger partial charge in [-0.25, -0.2) is 4.79 Å². The smallest absolute Gasteiger partial charge is 0.317 e. The molecule has 118 valence electrons. The third-order valence-corrected chi connectivity index (χ3v) is 5.89. The van der Waals surface area contributed by atoms with Gasteiger partial charge in [0.1, 0.15) is 0 Å². The van der Waals surface area contributed by atoms with Crippen LogP contribution in [0.25, 0.3) is 0 Å². The zero-order valence-corrected chi connectivity index (χ0v) is 12.8. The molecule has 5 atom stereocenters. The van der Waals surface area contributed by atoms with Gasteiger partial charge in [0, 0.05) is 19.1 Å². The number of aliphatic carboxylic acids is 1. The quantitative estimate of drug-likeness (QED) is 0.839. The first-order chi connectivity index (χ1) is 10.0. The van der Waals surface area contributed by atoms with E-state index in [9.17, 15) is 9.59 Å². The molecule has 1 aliphatic heterocycles. The van der Waals surface area contributed by atoms with Crippen molar-refractivity contribution in [1.29, 1.82) is 0 Å². The molecule has 1 saturated heterocycles. The molecule has 2 aliphatic carbocycles. The predicted octanol–water partition coefficient (Wildman–Crippen LogP) is 2.32. The SMILES string of the molecule is CC1CC(C(=O)O)CCN1C(=O)NCC1CC2CCC1C2. The van der Waals surface area contributed by atoms with Gasteiger partial charge in [0.25, 0.3) is 0 Å². The fraction of sp³-hybridized carbons (Fsp3) is 0.875. The number of nitrogens with one attached hydrogen (secondary N) is 1. The molecule has 1 heterocycles. The Morgan fingerprint density at radius 1 is 1.19 bits per heavy atom. The number of likely N-dealkylation sites (tertiary alicyclic amines) is 1. The van der Waals surface area contributed by atoms with Gasteiger partial charge < -0.3 is 15.3 Å². The zero-order chi connectivity index (χ0) is 15.0. The Balaban J connectivity index is 1.46. The van der Waals surface area contributed by atoms with Gasteiger partial charge in [0.2, 0.25) is 0 Å². The van der Waals surface area contributed by atoms with Crippen molar-refractivity contribution in [3.05, 3.63) is 0 Å². The molecule has 5 heteroatoms. The van der Waals surface area contributed by atoms with Gasteiger partial charge in [-0.15, -0.1) is 0 Å². The van der Waals surface area contributed by atoms with Crippen LogP contribution in [-0.2, 0) is 4.79 Å². The molecule has 5 nitrogen and oxygen atoms in total. The number of hydrogen-bond donors (Lipinski definition) is 2. The Hall–Kier alpha value is -1.26. The van der Waals surface area contributed by atoms with Crippen LogP contribution in [0.1, 0.15) is 45.4 Å². The van der Waals surface area contributed by atoms with E-state index >= 15 is 0 Å². The lowest BCUT2D eigenvalue weighted by Crippen LogP contribution is -2.51. The highest BCUT2D eigenvalue weighted by Gasteiger charge is 2.39. The summed E-state index contributed by atoms with van der Waals surface area (Å²) in [5.74, 6) is 1.37. The molecule has 5 unspecified atom stereocenters. The average molecular weight is 294 g/mol. The number of urea groups is 1. The van der Waals surface area contributed by atoms with Crippen LogP contribution in [0.3, 0.4) is 0 Å². The third-order valence-electron chi connectivity index (χ3n) is 5.89. The molecule has 2 saturated carbocycles. The van der Waals surface area contributed by atoms with Crippen LogP contribution in [0, 0.1) is 23.7 Å². The number of fused-ring (bicyclic) bond motifs is 2. The van der Waals surface area contributed by atoms with E-state index in [2.05, 4.69) is 5.32 Å². The summed E-state index contributed by atoms with van der Waals surface area (Å²) in [4.78, 5) is 25.2. The molecule has 2 amide bonds. The maximum absolute atomic E-state index is 12.3. The molecule has 2 bridgehead atoms. The number of carboxylic acids is 1. The number of hydrogen-bond acceptors (Lipinski definition) is 2. The van der Waals surface area contributed by atoms with Crippen LogP contribution in [-0.4, -0.2) is 41.1 Å². The summed E-state index contributed by atoms with van der Waals surface area (Å²) in [5.41, 5.74) is 0. The summed E-state index contributed by atoms with van der Waals surface area (Å²) in [6, 6.07) is 0.00833. The van der Waals surface area contributed by atoms with Crippen molar-refractivity contribution in [2.75, 3.05) is 13.1 Å². The molecule has 0 aromatic rings. The maximum atomic E-state index is 12.3. The van der Waals surface area contributed by atoms with Crippen LogP contribution in [0.2, 0.25) is 0 Å². The number of nitrogens with zero attached hydrogens (tertiary/aromatic N) is 1. The van der Waals surface area contributed by atoms with Crippen molar-refractivity contribution in [3.8, 4) is 0 Å². The van der Waals surface area contributed by atoms with Crippen molar-refractivity contribution in [2.24, 2.45) is 23.7 Å². The van der Waals surface area contributed by atoms with Crippen LogP contribution >= 0.6 is 0 Å². The highest BCUT2D eigenvalue weighted by Crippen LogP contribution is 2.47. The lowest BCUT2D eigenvalue weighted by atomic mass is 9.89. The molecule has 21 heavy (non-hydrogen) atoms. The van der Waals surface area contributed by atoms with Crippen LogP contribution in [0.4, 0.5) is 4.79 Å². The topological polar surface area (TPSA) is 69.6 Å². The van der Waals surface area contributed by atoms with Crippen LogP contribution < -0.4 is 5.32 Å². The number of amides is 2. The second kappa shape index (κ2) is 5.85. The standard InChI is InChI=1S/C16H26N2O3/c1-10-6-13(15(19)20)4-5-18(10)16(21)17-9-14-8-11-2-3-12(14)7-11/h10-14H,2-9H2,1H3,(H,17,21)(H,19,20). The minimum Gasteiger partial charge on any atom is -0.481 e. The first kappa shape index (κ1) is 14.7. The number of carbonyl (C=O) groups is 2. The van der Waals surface area contributed by atoms with E-state index in [0.717, 1.165) is 18.4 Å². The molecule has 3 fully saturated rings. The van der Waals surface area contributed by atoms with E-state index in [-0.39, 0.29) is 18.0 Å². The summed E-state index contributed by atoms with van der Waals surface area (Å²) >= 11 is 0. The first-order valence-corrected chi connectivity index (χ1v) is 8.32. The second-order valence-corrected chi connectivity index (χ2v) is 7.22. The molecule has 3 aliphatic rings. The molecule has 0 spiro atoms. The number of carbonyl (C=O) groups excluding carboxylic acids is 1. The Kier molecular flexibility index (Phi) is 4.09. The van der Waals surface area contributed by atoms with Gasteiger partial charge >= 0.3 is 12.0 Å². The second-order valence-electron chi connectivity index (χ2n) is 7.22. The van der Waals surface area contributed by atoms with E-state index in [1.165, 1.54) is 25.7 Å². The van der Waals surface area contributed by atoms with Crippen molar-refractivity contribution in [1.82, 2.24) is 10.2 Å². The predicted molar refractivity (Wildman–Crippen MR) is 78.9 cm³/mol. The van der Waals surface area contributed by atoms with Gasteiger partial charge in [-0.3, -0.25) is 4.79 Å². The summed E-state index contributed by atoms with van der Waals surface area (Å²) in [6.45, 7) is 3.30. The molecule has 0 aromatic carbocycles. The first-order valence-electron chi connectivity index (χ1n) is 8.32. The van der Waals surface area contributed by atoms with E-state index in [0.29, 0.717) is 25.3 Å². The van der Waals surface area contributed by atoms with Gasteiger partial charge in [-0.2, -0.15) is 0 Å². The lowest BCUT2D eigenvalue weighted by Gasteiger charge is -2.36. The summed E-state index contributed by atoms with van der Waals surface area (Å²) in [5, 5.41) is 12.2. The minimum atomic E-state index is -0.733. The monoisotopic (exact) mass is 294 g/mol. The van der Waals surface area contributed by atoms with Crippen LogP contribution in [0.15, 0.2) is 0 Å². The largest absolute Gasteiger partial charge is 0.481 e. The summed E-state index contributed by atoms with van der Waals surface area (Å²) in [6.07, 6.45) is 6.50. The Bertz CT molecular complexity index is 426. The normalized spacial score (nSPS) is 38.5. The number of rotatable bonds is 3. The van der Waals surface area contributed by atoms with Gasteiger partial charge in [0.15, 0.2) is 0 Å². The fourth-order valence-electron chi connectivity index (χ4n) is 4.64. The molecule has 2 N–H and O–H groups in total. The van der Waals surface area contributed by atoms with Crippen molar-refractivity contribution in [2.45, 2.75) is 51.5 Å². The summed E-state index contributed by atoms with van der Waals surface area (Å²) in [7, 11) is 0. The minimum absolute atomic E-state index is 0.00545. The average Bonchev–Trinajstić information content (AvgIpc) is 3.07. The molecular formula is C16H26N2O3. The van der Waals surface area contributed by atoms with Crippen molar-refractivity contribution < 1.29 is 14.7 Å². The molecule has 0 radical (unpaired) electrons. The van der Waals surface area contributed by atoms with Crippen molar-refractivity contribution in [3.63, 3.8) is 0 Å². The Labute approximate surface area is 126 Å². The number of carboxylic acid groups (broad SMARTS) is 1. The highest BCUT2D eigenvalue weighted by atomic mass is 16.4. The third kappa shape index (κ3) is 3.01. The lowest BCUT2D eigenvalue weighted by molar-refractivity contribution is -0.143. The van der Waals surface area contributed by atoms with Crippen LogP contribution in [0.5, 0.6) is 0 Å². The Morgan fingerprint density at radius 3 is 2.57 bits per heavy atom.